The van der Waals surface area contributed by atoms with Crippen LogP contribution in [0.1, 0.15) is 61.3 Å². The summed E-state index contributed by atoms with van der Waals surface area (Å²) >= 11 is 0. The summed E-state index contributed by atoms with van der Waals surface area (Å²) in [5.74, 6) is 1.11. The predicted octanol–water partition coefficient (Wildman–Crippen LogP) is 3.10. The predicted molar refractivity (Wildman–Crippen MR) is 115 cm³/mol. The number of phenols is 1. The number of imidazole rings is 1. The van der Waals surface area contributed by atoms with Crippen LogP contribution in [0.5, 0.6) is 5.75 Å². The van der Waals surface area contributed by atoms with Gasteiger partial charge in [-0.25, -0.2) is 14.8 Å². The summed E-state index contributed by atoms with van der Waals surface area (Å²) in [5.41, 5.74) is 10.9. The molecule has 3 heterocycles. The minimum atomic E-state index is -0.992. The number of fused-ring (bicyclic) bond motifs is 1. The topological polar surface area (TPSA) is 85.0 Å². The zero-order chi connectivity index (χ0) is 20.8. The molecule has 2 aliphatic heterocycles. The molecule has 1 aromatic heterocycles. The van der Waals surface area contributed by atoms with Crippen LogP contribution >= 0.6 is 0 Å². The molecule has 7 heteroatoms. The summed E-state index contributed by atoms with van der Waals surface area (Å²) in [6.07, 6.45) is 5.61. The Morgan fingerprint density at radius 1 is 1.23 bits per heavy atom. The molecule has 1 saturated carbocycles. The molecule has 3 aliphatic rings. The molecule has 2 fully saturated rings. The molecule has 0 bridgehead atoms. The van der Waals surface area contributed by atoms with Gasteiger partial charge in [-0.05, 0) is 55.0 Å². The number of nitrogens with zero attached hydrogens (tertiary/aromatic N) is 1. The SMILES string of the molecule is CCc1cc(O)ccc1C1CCC2C(c3ncc(C4=C[C@@H](C)NC4)[nH]3)NNC2C1F. The molecule has 0 radical (unpaired) electrons. The zero-order valence-corrected chi connectivity index (χ0v) is 17.5. The van der Waals surface area contributed by atoms with E-state index < -0.39 is 6.17 Å². The number of hydrogen-bond acceptors (Lipinski definition) is 5. The number of aromatic amines is 1. The van der Waals surface area contributed by atoms with Crippen LogP contribution in [0.2, 0.25) is 0 Å². The summed E-state index contributed by atoms with van der Waals surface area (Å²) in [6.45, 7) is 5.02. The lowest BCUT2D eigenvalue weighted by atomic mass is 9.71. The van der Waals surface area contributed by atoms with E-state index in [1.807, 2.05) is 19.2 Å². The highest BCUT2D eigenvalue weighted by atomic mass is 19.1. The third-order valence-corrected chi connectivity index (χ3v) is 7.04. The van der Waals surface area contributed by atoms with Crippen molar-refractivity contribution >= 4 is 5.57 Å². The molecule has 0 amide bonds. The molecule has 5 N–H and O–H groups in total. The fraction of sp³-hybridized carbons (Fsp3) is 0.522. The second-order valence-corrected chi connectivity index (χ2v) is 8.86. The average Bonchev–Trinajstić information content (AvgIpc) is 3.47. The second kappa shape index (κ2) is 7.80. The van der Waals surface area contributed by atoms with Gasteiger partial charge in [0.25, 0.3) is 0 Å². The number of aromatic nitrogens is 2. The number of aromatic hydroxyl groups is 1. The van der Waals surface area contributed by atoms with Crippen molar-refractivity contribution < 1.29 is 9.50 Å². The number of phenolic OH excluding ortho intramolecular Hbond substituents is 1. The highest BCUT2D eigenvalue weighted by molar-refractivity contribution is 5.66. The van der Waals surface area contributed by atoms with Gasteiger partial charge >= 0.3 is 0 Å². The molecule has 2 aromatic rings. The number of hydrazine groups is 1. The molecule has 6 atom stereocenters. The van der Waals surface area contributed by atoms with Crippen molar-refractivity contribution in [3.63, 3.8) is 0 Å². The lowest BCUT2D eigenvalue weighted by Crippen LogP contribution is -2.45. The van der Waals surface area contributed by atoms with E-state index in [4.69, 9.17) is 0 Å². The van der Waals surface area contributed by atoms with Gasteiger partial charge in [-0.2, -0.15) is 0 Å². The molecule has 160 valence electrons. The first-order valence-electron chi connectivity index (χ1n) is 11.0. The van der Waals surface area contributed by atoms with Crippen molar-refractivity contribution in [3.8, 4) is 5.75 Å². The van der Waals surface area contributed by atoms with Gasteiger partial charge in [0.15, 0.2) is 0 Å². The van der Waals surface area contributed by atoms with Gasteiger partial charge in [-0.1, -0.05) is 19.1 Å². The third kappa shape index (κ3) is 3.35. The first kappa shape index (κ1) is 19.7. The molecule has 5 rings (SSSR count). The quantitative estimate of drug-likeness (QED) is 0.534. The Morgan fingerprint density at radius 2 is 2.10 bits per heavy atom. The number of rotatable bonds is 4. The first-order chi connectivity index (χ1) is 14.5. The number of benzene rings is 1. The standard InChI is InChI=1S/C23H30FN5O/c1-3-13-9-15(30)4-5-16(13)17-6-7-18-21(20(17)24)28-29-22(18)23-26-11-19(27-23)14-8-12(2)25-10-14/h4-5,8-9,11-12,17-18,20-22,25,28-30H,3,6-7,10H2,1-2H3,(H,26,27)/t12-,17?,18?,20?,21?,22?/m1/s1. The zero-order valence-electron chi connectivity index (χ0n) is 17.5. The van der Waals surface area contributed by atoms with Gasteiger partial charge in [0.05, 0.1) is 24.0 Å². The smallest absolute Gasteiger partial charge is 0.125 e. The van der Waals surface area contributed by atoms with Crippen molar-refractivity contribution in [3.05, 3.63) is 53.1 Å². The Bertz CT molecular complexity index is 957. The normalized spacial score (nSPS) is 33.5. The van der Waals surface area contributed by atoms with Crippen molar-refractivity contribution in [1.29, 1.82) is 0 Å². The molecule has 1 aliphatic carbocycles. The number of nitrogens with one attached hydrogen (secondary N) is 4. The lowest BCUT2D eigenvalue weighted by molar-refractivity contribution is 0.135. The molecule has 0 spiro atoms. The van der Waals surface area contributed by atoms with Crippen LogP contribution in [0.25, 0.3) is 5.57 Å². The minimum absolute atomic E-state index is 0.0270. The molecule has 30 heavy (non-hydrogen) atoms. The molecule has 6 nitrogen and oxygen atoms in total. The van der Waals surface area contributed by atoms with Crippen molar-refractivity contribution in [2.75, 3.05) is 6.54 Å². The number of hydrogen-bond donors (Lipinski definition) is 5. The molecular formula is C23H30FN5O. The Kier molecular flexibility index (Phi) is 5.13. The Labute approximate surface area is 176 Å². The van der Waals surface area contributed by atoms with Gasteiger partial charge in [-0.15, -0.1) is 0 Å². The largest absolute Gasteiger partial charge is 0.508 e. The van der Waals surface area contributed by atoms with Crippen LogP contribution in [0, 0.1) is 5.92 Å². The van der Waals surface area contributed by atoms with Crippen molar-refractivity contribution in [2.45, 2.75) is 63.3 Å². The van der Waals surface area contributed by atoms with E-state index in [1.165, 1.54) is 5.57 Å². The van der Waals surface area contributed by atoms with E-state index in [-0.39, 0.29) is 29.7 Å². The summed E-state index contributed by atoms with van der Waals surface area (Å²) in [7, 11) is 0. The molecule has 1 saturated heterocycles. The van der Waals surface area contributed by atoms with Crippen molar-refractivity contribution in [1.82, 2.24) is 26.1 Å². The highest BCUT2D eigenvalue weighted by Gasteiger charge is 2.48. The average molecular weight is 412 g/mol. The Morgan fingerprint density at radius 3 is 2.87 bits per heavy atom. The fourth-order valence-corrected chi connectivity index (χ4v) is 5.44. The van der Waals surface area contributed by atoms with E-state index in [9.17, 15) is 5.11 Å². The maximum atomic E-state index is 15.7. The van der Waals surface area contributed by atoms with Crippen LogP contribution < -0.4 is 16.2 Å². The summed E-state index contributed by atoms with van der Waals surface area (Å²) in [5, 5.41) is 13.2. The molecule has 5 unspecified atom stereocenters. The number of halogens is 1. The first-order valence-corrected chi connectivity index (χ1v) is 11.0. The van der Waals surface area contributed by atoms with Crippen LogP contribution in [-0.4, -0.2) is 39.9 Å². The molecular weight excluding hydrogens is 381 g/mol. The van der Waals surface area contributed by atoms with E-state index >= 15 is 4.39 Å². The van der Waals surface area contributed by atoms with Crippen LogP contribution in [0.15, 0.2) is 30.5 Å². The van der Waals surface area contributed by atoms with Crippen LogP contribution in [-0.2, 0) is 6.42 Å². The van der Waals surface area contributed by atoms with Gasteiger partial charge in [0.1, 0.15) is 17.7 Å². The van der Waals surface area contributed by atoms with E-state index in [1.54, 1.807) is 12.1 Å². The highest BCUT2D eigenvalue weighted by Crippen LogP contribution is 2.45. The fourth-order valence-electron chi connectivity index (χ4n) is 5.44. The van der Waals surface area contributed by atoms with Gasteiger partial charge in [-0.3, -0.25) is 5.43 Å². The Hall–Kier alpha value is -2.22. The second-order valence-electron chi connectivity index (χ2n) is 8.86. The lowest BCUT2D eigenvalue weighted by Gasteiger charge is -2.36. The van der Waals surface area contributed by atoms with Gasteiger partial charge < -0.3 is 15.4 Å². The number of aryl methyl sites for hydroxylation is 1. The van der Waals surface area contributed by atoms with Gasteiger partial charge in [0, 0.05) is 24.4 Å². The molecule has 1 aromatic carbocycles. The van der Waals surface area contributed by atoms with E-state index in [2.05, 4.69) is 39.1 Å². The maximum absolute atomic E-state index is 15.7. The Balaban J connectivity index is 1.34. The van der Waals surface area contributed by atoms with Crippen molar-refractivity contribution in [2.24, 2.45) is 5.92 Å². The number of H-pyrrole nitrogens is 1. The third-order valence-electron chi connectivity index (χ3n) is 7.04. The van der Waals surface area contributed by atoms with E-state index in [0.29, 0.717) is 6.04 Å². The summed E-state index contributed by atoms with van der Waals surface area (Å²) in [6, 6.07) is 5.44. The number of alkyl halides is 1. The van der Waals surface area contributed by atoms with Crippen LogP contribution in [0.4, 0.5) is 4.39 Å². The van der Waals surface area contributed by atoms with E-state index in [0.717, 1.165) is 48.5 Å². The van der Waals surface area contributed by atoms with Crippen LogP contribution in [0.3, 0.4) is 0 Å². The maximum Gasteiger partial charge on any atom is 0.125 e. The monoisotopic (exact) mass is 411 g/mol. The summed E-state index contributed by atoms with van der Waals surface area (Å²) < 4.78 is 15.7. The minimum Gasteiger partial charge on any atom is -0.508 e. The van der Waals surface area contributed by atoms with Gasteiger partial charge in [0.2, 0.25) is 0 Å². The summed E-state index contributed by atoms with van der Waals surface area (Å²) in [4.78, 5) is 8.08.